The van der Waals surface area contributed by atoms with Gasteiger partial charge in [-0.05, 0) is 54.0 Å². The van der Waals surface area contributed by atoms with Gasteiger partial charge in [0, 0.05) is 18.0 Å². The lowest BCUT2D eigenvalue weighted by molar-refractivity contribution is 0.286. The van der Waals surface area contributed by atoms with Gasteiger partial charge in [-0.2, -0.15) is 0 Å². The van der Waals surface area contributed by atoms with E-state index in [9.17, 15) is 8.42 Å². The molecule has 142 valence electrons. The normalized spacial score (nSPS) is 11.4. The Balaban J connectivity index is 2.13. The SMILES string of the molecule is CCOc1cc(-c2nccn2S(=O)(=O)c2ccccc2)cc(Br)c1OCC. The predicted molar refractivity (Wildman–Crippen MR) is 107 cm³/mol. The summed E-state index contributed by atoms with van der Waals surface area (Å²) in [7, 11) is -3.77. The lowest BCUT2D eigenvalue weighted by Gasteiger charge is -2.15. The van der Waals surface area contributed by atoms with Crippen molar-refractivity contribution in [2.45, 2.75) is 18.7 Å². The van der Waals surface area contributed by atoms with E-state index in [-0.39, 0.29) is 4.90 Å². The van der Waals surface area contributed by atoms with Gasteiger partial charge in [0.25, 0.3) is 10.0 Å². The first-order chi connectivity index (χ1) is 13.0. The van der Waals surface area contributed by atoms with Crippen molar-refractivity contribution in [1.29, 1.82) is 0 Å². The van der Waals surface area contributed by atoms with Gasteiger partial charge in [-0.25, -0.2) is 17.4 Å². The van der Waals surface area contributed by atoms with Crippen LogP contribution in [0.4, 0.5) is 0 Å². The molecular formula is C19H19BrN2O4S. The molecule has 3 aromatic rings. The summed E-state index contributed by atoms with van der Waals surface area (Å²) >= 11 is 3.48. The Labute approximate surface area is 166 Å². The number of ether oxygens (including phenoxy) is 2. The molecule has 0 saturated carbocycles. The maximum Gasteiger partial charge on any atom is 0.269 e. The monoisotopic (exact) mass is 450 g/mol. The Morgan fingerprint density at radius 1 is 1.07 bits per heavy atom. The van der Waals surface area contributed by atoms with Crippen LogP contribution in [0.15, 0.2) is 64.2 Å². The quantitative estimate of drug-likeness (QED) is 0.534. The largest absolute Gasteiger partial charge is 0.490 e. The molecular weight excluding hydrogens is 432 g/mol. The Morgan fingerprint density at radius 3 is 2.44 bits per heavy atom. The fraction of sp³-hybridized carbons (Fsp3) is 0.211. The summed E-state index contributed by atoms with van der Waals surface area (Å²) < 4.78 is 39.2. The van der Waals surface area contributed by atoms with E-state index >= 15 is 0 Å². The second-order valence-corrected chi connectivity index (χ2v) is 8.19. The van der Waals surface area contributed by atoms with Crippen LogP contribution < -0.4 is 9.47 Å². The fourth-order valence-corrected chi connectivity index (χ4v) is 4.52. The van der Waals surface area contributed by atoms with Crippen molar-refractivity contribution in [2.24, 2.45) is 0 Å². The molecule has 3 rings (SSSR count). The molecule has 1 aromatic heterocycles. The average Bonchev–Trinajstić information content (AvgIpc) is 3.16. The Bertz CT molecular complexity index is 1030. The van der Waals surface area contributed by atoms with E-state index in [0.717, 1.165) is 0 Å². The zero-order chi connectivity index (χ0) is 19.4. The first-order valence-corrected chi connectivity index (χ1v) is 10.7. The van der Waals surface area contributed by atoms with Gasteiger partial charge in [0.1, 0.15) is 0 Å². The summed E-state index contributed by atoms with van der Waals surface area (Å²) in [6, 6.07) is 11.8. The minimum atomic E-state index is -3.77. The van der Waals surface area contributed by atoms with Gasteiger partial charge in [-0.15, -0.1) is 0 Å². The molecule has 0 aliphatic carbocycles. The van der Waals surface area contributed by atoms with E-state index in [1.165, 1.54) is 16.4 Å². The van der Waals surface area contributed by atoms with E-state index in [1.807, 2.05) is 13.8 Å². The summed E-state index contributed by atoms with van der Waals surface area (Å²) in [5.41, 5.74) is 0.596. The van der Waals surface area contributed by atoms with Crippen molar-refractivity contribution >= 4 is 26.0 Å². The summed E-state index contributed by atoms with van der Waals surface area (Å²) in [6.07, 6.45) is 2.89. The molecule has 0 aliphatic rings. The molecule has 8 heteroatoms. The van der Waals surface area contributed by atoms with Crippen molar-refractivity contribution in [3.8, 4) is 22.9 Å². The minimum absolute atomic E-state index is 0.194. The van der Waals surface area contributed by atoms with Gasteiger partial charge >= 0.3 is 0 Å². The highest BCUT2D eigenvalue weighted by Crippen LogP contribution is 2.40. The van der Waals surface area contributed by atoms with E-state index in [0.29, 0.717) is 40.6 Å². The molecule has 0 bridgehead atoms. The van der Waals surface area contributed by atoms with Crippen LogP contribution in [0.1, 0.15) is 13.8 Å². The topological polar surface area (TPSA) is 70.4 Å². The van der Waals surface area contributed by atoms with E-state index in [4.69, 9.17) is 9.47 Å². The highest BCUT2D eigenvalue weighted by atomic mass is 79.9. The fourth-order valence-electron chi connectivity index (χ4n) is 2.64. The average molecular weight is 451 g/mol. The third-order valence-electron chi connectivity index (χ3n) is 3.76. The van der Waals surface area contributed by atoms with Crippen LogP contribution in [0.2, 0.25) is 0 Å². The highest BCUT2D eigenvalue weighted by Gasteiger charge is 2.22. The first-order valence-electron chi connectivity index (χ1n) is 8.42. The number of hydrogen-bond donors (Lipinski definition) is 0. The maximum atomic E-state index is 13.0. The molecule has 0 radical (unpaired) electrons. The van der Waals surface area contributed by atoms with Crippen molar-refractivity contribution < 1.29 is 17.9 Å². The molecule has 0 atom stereocenters. The Morgan fingerprint density at radius 2 is 1.78 bits per heavy atom. The Kier molecular flexibility index (Phi) is 5.86. The van der Waals surface area contributed by atoms with Crippen LogP contribution in [0.25, 0.3) is 11.4 Å². The molecule has 1 heterocycles. The van der Waals surface area contributed by atoms with E-state index < -0.39 is 10.0 Å². The molecule has 0 fully saturated rings. The van der Waals surface area contributed by atoms with Gasteiger partial charge in [0.15, 0.2) is 17.3 Å². The molecule has 27 heavy (non-hydrogen) atoms. The molecule has 0 aliphatic heterocycles. The second-order valence-electron chi connectivity index (χ2n) is 5.52. The van der Waals surface area contributed by atoms with Crippen molar-refractivity contribution in [3.05, 3.63) is 59.3 Å². The lowest BCUT2D eigenvalue weighted by atomic mass is 10.2. The van der Waals surface area contributed by atoms with Crippen LogP contribution in [0, 0.1) is 0 Å². The third kappa shape index (κ3) is 3.86. The van der Waals surface area contributed by atoms with Crippen molar-refractivity contribution in [3.63, 3.8) is 0 Å². The summed E-state index contributed by atoms with van der Waals surface area (Å²) in [6.45, 7) is 4.69. The van der Waals surface area contributed by atoms with Crippen LogP contribution in [-0.2, 0) is 10.0 Å². The molecule has 0 N–H and O–H groups in total. The number of halogens is 1. The molecule has 0 amide bonds. The number of hydrogen-bond acceptors (Lipinski definition) is 5. The molecule has 0 unspecified atom stereocenters. The number of rotatable bonds is 7. The Hall–Kier alpha value is -2.32. The first kappa shape index (κ1) is 19.4. The van der Waals surface area contributed by atoms with Gasteiger partial charge in [0.05, 0.1) is 22.6 Å². The van der Waals surface area contributed by atoms with Crippen LogP contribution >= 0.6 is 15.9 Å². The smallest absolute Gasteiger partial charge is 0.269 e. The molecule has 0 spiro atoms. The standard InChI is InChI=1S/C19H19BrN2O4S/c1-3-25-17-13-14(12-16(20)18(17)26-4-2)19-21-10-11-22(19)27(23,24)15-8-6-5-7-9-15/h5-13H,3-4H2,1-2H3. The lowest BCUT2D eigenvalue weighted by Crippen LogP contribution is -2.13. The second kappa shape index (κ2) is 8.14. The highest BCUT2D eigenvalue weighted by molar-refractivity contribution is 9.10. The zero-order valence-corrected chi connectivity index (χ0v) is 17.3. The maximum absolute atomic E-state index is 13.0. The predicted octanol–water partition coefficient (Wildman–Crippen LogP) is 4.35. The van der Waals surface area contributed by atoms with Gasteiger partial charge in [-0.3, -0.25) is 0 Å². The number of imidazole rings is 1. The van der Waals surface area contributed by atoms with Crippen LogP contribution in [0.3, 0.4) is 0 Å². The van der Waals surface area contributed by atoms with Gasteiger partial charge < -0.3 is 9.47 Å². The van der Waals surface area contributed by atoms with Crippen molar-refractivity contribution in [2.75, 3.05) is 13.2 Å². The third-order valence-corrected chi connectivity index (χ3v) is 6.03. The zero-order valence-electron chi connectivity index (χ0n) is 14.9. The van der Waals surface area contributed by atoms with E-state index in [2.05, 4.69) is 20.9 Å². The van der Waals surface area contributed by atoms with E-state index in [1.54, 1.807) is 42.5 Å². The number of aromatic nitrogens is 2. The summed E-state index contributed by atoms with van der Waals surface area (Å²) in [5.74, 6) is 1.39. The summed E-state index contributed by atoms with van der Waals surface area (Å²) in [4.78, 5) is 4.46. The summed E-state index contributed by atoms with van der Waals surface area (Å²) in [5, 5.41) is 0. The number of nitrogens with zero attached hydrogens (tertiary/aromatic N) is 2. The number of benzene rings is 2. The van der Waals surface area contributed by atoms with Gasteiger partial charge in [0.2, 0.25) is 0 Å². The van der Waals surface area contributed by atoms with Crippen LogP contribution in [0.5, 0.6) is 11.5 Å². The molecule has 0 saturated heterocycles. The minimum Gasteiger partial charge on any atom is -0.490 e. The van der Waals surface area contributed by atoms with Gasteiger partial charge in [-0.1, -0.05) is 18.2 Å². The molecule has 6 nitrogen and oxygen atoms in total. The molecule has 2 aromatic carbocycles. The van der Waals surface area contributed by atoms with Crippen molar-refractivity contribution in [1.82, 2.24) is 8.96 Å². The van der Waals surface area contributed by atoms with Crippen LogP contribution in [-0.4, -0.2) is 30.6 Å².